The number of aromatic nitrogens is 2. The highest BCUT2D eigenvalue weighted by atomic mass is 16.3. The molecule has 1 aliphatic carbocycles. The monoisotopic (exact) mass is 366 g/mol. The Balaban J connectivity index is 1.38. The number of hydrogen-bond donors (Lipinski definition) is 1. The van der Waals surface area contributed by atoms with Crippen LogP contribution >= 0.6 is 0 Å². The Kier molecular flexibility index (Phi) is 6.00. The maximum atomic E-state index is 9.58. The first kappa shape index (κ1) is 18.4. The molecule has 1 aliphatic heterocycles. The minimum atomic E-state index is 0.246. The van der Waals surface area contributed by atoms with Gasteiger partial charge in [-0.15, -0.1) is 0 Å². The van der Waals surface area contributed by atoms with Gasteiger partial charge in [-0.2, -0.15) is 0 Å². The fourth-order valence-electron chi connectivity index (χ4n) is 4.55. The van der Waals surface area contributed by atoms with E-state index in [0.29, 0.717) is 6.04 Å². The summed E-state index contributed by atoms with van der Waals surface area (Å²) in [5.41, 5.74) is 4.01. The molecule has 1 aromatic carbocycles. The van der Waals surface area contributed by atoms with Crippen molar-refractivity contribution in [1.82, 2.24) is 14.9 Å². The highest BCUT2D eigenvalue weighted by Gasteiger charge is 2.29. The third-order valence-electron chi connectivity index (χ3n) is 5.97. The van der Waals surface area contributed by atoms with E-state index in [1.54, 1.807) is 6.33 Å². The molecule has 0 amide bonds. The highest BCUT2D eigenvalue weighted by molar-refractivity contribution is 5.51. The third kappa shape index (κ3) is 4.30. The fourth-order valence-corrected chi connectivity index (χ4v) is 4.55. The normalized spacial score (nSPS) is 20.0. The summed E-state index contributed by atoms with van der Waals surface area (Å²) >= 11 is 0. The molecule has 1 saturated heterocycles. The van der Waals surface area contributed by atoms with Crippen LogP contribution in [0.1, 0.15) is 36.1 Å². The Morgan fingerprint density at radius 1 is 1.07 bits per heavy atom. The van der Waals surface area contributed by atoms with Crippen LogP contribution in [-0.2, 0) is 19.3 Å². The molecular weight excluding hydrogens is 336 g/mol. The van der Waals surface area contributed by atoms with Gasteiger partial charge in [-0.3, -0.25) is 4.90 Å². The molecule has 5 nitrogen and oxygen atoms in total. The Hall–Kier alpha value is -1.98. The van der Waals surface area contributed by atoms with E-state index in [1.165, 1.54) is 23.2 Å². The van der Waals surface area contributed by atoms with E-state index in [-0.39, 0.29) is 6.61 Å². The van der Waals surface area contributed by atoms with Crippen molar-refractivity contribution in [3.05, 3.63) is 53.5 Å². The molecule has 2 aromatic rings. The van der Waals surface area contributed by atoms with E-state index in [4.69, 9.17) is 0 Å². The third-order valence-corrected chi connectivity index (χ3v) is 5.97. The van der Waals surface area contributed by atoms with Crippen molar-refractivity contribution in [3.8, 4) is 0 Å². The smallest absolute Gasteiger partial charge is 0.135 e. The number of benzene rings is 1. The first-order valence-corrected chi connectivity index (χ1v) is 10.3. The predicted octanol–water partition coefficient (Wildman–Crippen LogP) is 2.47. The lowest BCUT2D eigenvalue weighted by Gasteiger charge is -2.42. The predicted molar refractivity (Wildman–Crippen MR) is 108 cm³/mol. The lowest BCUT2D eigenvalue weighted by molar-refractivity contribution is 0.140. The van der Waals surface area contributed by atoms with Crippen LogP contribution in [0.25, 0.3) is 0 Å². The van der Waals surface area contributed by atoms with Gasteiger partial charge in [-0.05, 0) is 50.6 Å². The lowest BCUT2D eigenvalue weighted by atomic mass is 10.1. The van der Waals surface area contributed by atoms with Crippen LogP contribution in [0.5, 0.6) is 0 Å². The number of nitrogens with zero attached hydrogens (tertiary/aromatic N) is 4. The second-order valence-electron chi connectivity index (χ2n) is 7.71. The lowest BCUT2D eigenvalue weighted by Crippen LogP contribution is -2.54. The summed E-state index contributed by atoms with van der Waals surface area (Å²) in [6, 6.07) is 11.1. The topological polar surface area (TPSA) is 52.5 Å². The minimum Gasteiger partial charge on any atom is -0.396 e. The average molecular weight is 367 g/mol. The van der Waals surface area contributed by atoms with Gasteiger partial charge in [-0.25, -0.2) is 9.97 Å². The zero-order valence-electron chi connectivity index (χ0n) is 16.1. The molecule has 27 heavy (non-hydrogen) atoms. The summed E-state index contributed by atoms with van der Waals surface area (Å²) in [7, 11) is 0. The summed E-state index contributed by atoms with van der Waals surface area (Å²) in [5.74, 6) is 1.14. The Labute approximate surface area is 162 Å². The molecule has 144 valence electrons. The van der Waals surface area contributed by atoms with Gasteiger partial charge in [0.25, 0.3) is 0 Å². The molecule has 1 atom stereocenters. The molecule has 5 heteroatoms. The van der Waals surface area contributed by atoms with Crippen LogP contribution < -0.4 is 4.90 Å². The van der Waals surface area contributed by atoms with Gasteiger partial charge in [0.1, 0.15) is 12.1 Å². The SMILES string of the molecule is OCC[C@H]1CN(c2ncnc3c2CCC3)CCN1CCCc1ccccc1. The van der Waals surface area contributed by atoms with E-state index in [1.807, 2.05) is 0 Å². The van der Waals surface area contributed by atoms with Crippen LogP contribution in [0.3, 0.4) is 0 Å². The quantitative estimate of drug-likeness (QED) is 0.816. The summed E-state index contributed by atoms with van der Waals surface area (Å²) in [5, 5.41) is 9.58. The summed E-state index contributed by atoms with van der Waals surface area (Å²) in [6.45, 7) is 4.34. The van der Waals surface area contributed by atoms with E-state index in [2.05, 4.69) is 50.1 Å². The van der Waals surface area contributed by atoms with Crippen molar-refractivity contribution < 1.29 is 5.11 Å². The Morgan fingerprint density at radius 3 is 2.81 bits per heavy atom. The standard InChI is InChI=1S/C22H30N4O/c27-15-11-19-16-26(22-20-9-4-10-21(20)23-17-24-22)14-13-25(19)12-5-8-18-6-2-1-3-7-18/h1-3,6-7,17,19,27H,4-5,8-16H2/t19-/m0/s1. The molecule has 2 aliphatic rings. The van der Waals surface area contributed by atoms with Gasteiger partial charge in [0.05, 0.1) is 0 Å². The van der Waals surface area contributed by atoms with Crippen molar-refractivity contribution in [3.63, 3.8) is 0 Å². The molecule has 1 N–H and O–H groups in total. The van der Waals surface area contributed by atoms with Gasteiger partial charge >= 0.3 is 0 Å². The first-order chi connectivity index (χ1) is 13.3. The maximum absolute atomic E-state index is 9.58. The second kappa shape index (κ2) is 8.81. The van der Waals surface area contributed by atoms with Crippen LogP contribution in [0.2, 0.25) is 0 Å². The molecular formula is C22H30N4O. The molecule has 4 rings (SSSR count). The summed E-state index contributed by atoms with van der Waals surface area (Å²) in [6.07, 6.45) is 8.22. The number of hydrogen-bond acceptors (Lipinski definition) is 5. The number of rotatable bonds is 7. The van der Waals surface area contributed by atoms with Crippen molar-refractivity contribution in [2.45, 2.75) is 44.6 Å². The minimum absolute atomic E-state index is 0.246. The highest BCUT2D eigenvalue weighted by Crippen LogP contribution is 2.29. The van der Waals surface area contributed by atoms with E-state index in [0.717, 1.165) is 64.1 Å². The molecule has 0 spiro atoms. The van der Waals surface area contributed by atoms with Crippen molar-refractivity contribution in [2.24, 2.45) is 0 Å². The van der Waals surface area contributed by atoms with Gasteiger partial charge in [0.15, 0.2) is 0 Å². The summed E-state index contributed by atoms with van der Waals surface area (Å²) in [4.78, 5) is 14.1. The van der Waals surface area contributed by atoms with E-state index < -0.39 is 0 Å². The number of anilines is 1. The zero-order valence-corrected chi connectivity index (χ0v) is 16.1. The van der Waals surface area contributed by atoms with Crippen molar-refractivity contribution >= 4 is 5.82 Å². The van der Waals surface area contributed by atoms with Gasteiger partial charge in [0, 0.05) is 43.5 Å². The van der Waals surface area contributed by atoms with Gasteiger partial charge in [-0.1, -0.05) is 30.3 Å². The van der Waals surface area contributed by atoms with Gasteiger partial charge < -0.3 is 10.0 Å². The molecule has 0 radical (unpaired) electrons. The zero-order chi connectivity index (χ0) is 18.5. The van der Waals surface area contributed by atoms with Crippen LogP contribution in [0, 0.1) is 0 Å². The maximum Gasteiger partial charge on any atom is 0.135 e. The number of aliphatic hydroxyl groups is 1. The molecule has 1 fully saturated rings. The van der Waals surface area contributed by atoms with Crippen molar-refractivity contribution in [2.75, 3.05) is 37.7 Å². The van der Waals surface area contributed by atoms with E-state index in [9.17, 15) is 5.11 Å². The number of fused-ring (bicyclic) bond motifs is 1. The number of aryl methyl sites for hydroxylation is 2. The Morgan fingerprint density at radius 2 is 1.96 bits per heavy atom. The van der Waals surface area contributed by atoms with Gasteiger partial charge in [0.2, 0.25) is 0 Å². The summed E-state index contributed by atoms with van der Waals surface area (Å²) < 4.78 is 0. The number of aliphatic hydroxyl groups excluding tert-OH is 1. The average Bonchev–Trinajstić information content (AvgIpc) is 3.19. The molecule has 0 saturated carbocycles. The van der Waals surface area contributed by atoms with Crippen LogP contribution in [0.4, 0.5) is 5.82 Å². The van der Waals surface area contributed by atoms with Crippen LogP contribution in [0.15, 0.2) is 36.7 Å². The molecule has 1 aromatic heterocycles. The molecule has 0 unspecified atom stereocenters. The van der Waals surface area contributed by atoms with Crippen LogP contribution in [-0.4, -0.2) is 58.8 Å². The fraction of sp³-hybridized carbons (Fsp3) is 0.545. The second-order valence-corrected chi connectivity index (χ2v) is 7.71. The number of piperazine rings is 1. The largest absolute Gasteiger partial charge is 0.396 e. The van der Waals surface area contributed by atoms with E-state index >= 15 is 0 Å². The Bertz CT molecular complexity index is 736. The molecule has 2 heterocycles. The first-order valence-electron chi connectivity index (χ1n) is 10.3. The molecule has 0 bridgehead atoms. The van der Waals surface area contributed by atoms with Crippen molar-refractivity contribution in [1.29, 1.82) is 0 Å².